The number of nitrogens with zero attached hydrogens (tertiary/aromatic N) is 2. The van der Waals surface area contributed by atoms with E-state index in [4.69, 9.17) is 16.0 Å². The van der Waals surface area contributed by atoms with Gasteiger partial charge in [0.1, 0.15) is 11.4 Å². The molecule has 142 valence electrons. The van der Waals surface area contributed by atoms with Gasteiger partial charge < -0.3 is 4.42 Å². The third-order valence-electron chi connectivity index (χ3n) is 5.16. The van der Waals surface area contributed by atoms with Crippen molar-refractivity contribution in [2.75, 3.05) is 4.90 Å². The predicted molar refractivity (Wildman–Crippen MR) is 112 cm³/mol. The summed E-state index contributed by atoms with van der Waals surface area (Å²) in [7, 11) is 0. The molecule has 6 heteroatoms. The molecule has 0 radical (unpaired) electrons. The third-order valence-corrected chi connectivity index (χ3v) is 5.57. The average Bonchev–Trinajstić information content (AvgIpc) is 3.04. The number of carbonyl (C=O) groups excluding carboxylic acids is 1. The molecule has 0 aliphatic carbocycles. The number of aryl methyl sites for hydroxylation is 1. The van der Waals surface area contributed by atoms with Crippen molar-refractivity contribution in [3.8, 4) is 0 Å². The first-order valence-corrected chi connectivity index (χ1v) is 9.50. The van der Waals surface area contributed by atoms with Gasteiger partial charge in [-0.1, -0.05) is 48.0 Å². The van der Waals surface area contributed by atoms with Gasteiger partial charge in [-0.05, 0) is 42.3 Å². The second kappa shape index (κ2) is 6.57. The minimum atomic E-state index is -0.630. The largest absolute Gasteiger partial charge is 0.450 e. The van der Waals surface area contributed by atoms with Crippen molar-refractivity contribution in [2.45, 2.75) is 13.0 Å². The Bertz CT molecular complexity index is 1320. The molecule has 1 aliphatic rings. The number of rotatable bonds is 2. The van der Waals surface area contributed by atoms with Crippen LogP contribution in [0.4, 0.5) is 5.82 Å². The zero-order valence-corrected chi connectivity index (χ0v) is 16.2. The number of hydrogen-bond acceptors (Lipinski definition) is 4. The van der Waals surface area contributed by atoms with Crippen molar-refractivity contribution in [3.63, 3.8) is 0 Å². The smallest absolute Gasteiger partial charge is 0.296 e. The average molecular weight is 403 g/mol. The Hall–Kier alpha value is -3.44. The highest BCUT2D eigenvalue weighted by Crippen LogP contribution is 2.40. The Morgan fingerprint density at radius 1 is 1.03 bits per heavy atom. The highest BCUT2D eigenvalue weighted by atomic mass is 35.5. The van der Waals surface area contributed by atoms with Crippen LogP contribution in [0.5, 0.6) is 0 Å². The van der Waals surface area contributed by atoms with Gasteiger partial charge in [0.05, 0.1) is 17.0 Å². The van der Waals surface area contributed by atoms with Crippen LogP contribution in [0.1, 0.15) is 33.3 Å². The lowest BCUT2D eigenvalue weighted by Gasteiger charge is -2.24. The summed E-state index contributed by atoms with van der Waals surface area (Å²) < 4.78 is 5.96. The number of pyridine rings is 1. The van der Waals surface area contributed by atoms with Gasteiger partial charge >= 0.3 is 0 Å². The maximum Gasteiger partial charge on any atom is 0.296 e. The van der Waals surface area contributed by atoms with Crippen LogP contribution in [0.2, 0.25) is 5.02 Å². The summed E-state index contributed by atoms with van der Waals surface area (Å²) >= 11 is 6.25. The minimum Gasteiger partial charge on any atom is -0.450 e. The van der Waals surface area contributed by atoms with Gasteiger partial charge in [-0.25, -0.2) is 4.98 Å². The van der Waals surface area contributed by atoms with Gasteiger partial charge in [0.25, 0.3) is 5.91 Å². The van der Waals surface area contributed by atoms with Gasteiger partial charge in [-0.2, -0.15) is 0 Å². The SMILES string of the molecule is Cc1cc2oc3c(c(=O)c2cc1Cl)C(c1ccccc1)N(c1ccccn1)C3=O. The summed E-state index contributed by atoms with van der Waals surface area (Å²) in [5, 5.41) is 0.836. The van der Waals surface area contributed by atoms with Gasteiger partial charge in [0.2, 0.25) is 5.76 Å². The van der Waals surface area contributed by atoms with Crippen LogP contribution in [0, 0.1) is 6.92 Å². The monoisotopic (exact) mass is 402 g/mol. The molecule has 2 aromatic heterocycles. The van der Waals surface area contributed by atoms with Crippen molar-refractivity contribution in [1.82, 2.24) is 4.98 Å². The van der Waals surface area contributed by atoms with Crippen molar-refractivity contribution in [3.05, 3.63) is 105 Å². The Morgan fingerprint density at radius 2 is 1.79 bits per heavy atom. The fourth-order valence-electron chi connectivity index (χ4n) is 3.78. The summed E-state index contributed by atoms with van der Waals surface area (Å²) in [5.41, 5.74) is 1.96. The standard InChI is InChI=1S/C23H15ClN2O3/c1-13-11-17-15(12-16(13)24)21(27)19-20(14-7-3-2-4-8-14)26(23(28)22(19)29-17)18-9-5-6-10-25-18/h2-12,20H,1H3. The van der Waals surface area contributed by atoms with E-state index in [1.54, 1.807) is 36.5 Å². The number of aromatic nitrogens is 1. The van der Waals surface area contributed by atoms with Crippen molar-refractivity contribution in [2.24, 2.45) is 0 Å². The first-order chi connectivity index (χ1) is 14.1. The Kier molecular flexibility index (Phi) is 4.00. The number of anilines is 1. The summed E-state index contributed by atoms with van der Waals surface area (Å²) in [4.78, 5) is 32.7. The van der Waals surface area contributed by atoms with Crippen molar-refractivity contribution < 1.29 is 9.21 Å². The van der Waals surface area contributed by atoms with Crippen LogP contribution in [-0.4, -0.2) is 10.9 Å². The number of amides is 1. The van der Waals surface area contributed by atoms with E-state index in [1.807, 2.05) is 37.3 Å². The van der Waals surface area contributed by atoms with E-state index in [0.717, 1.165) is 11.1 Å². The van der Waals surface area contributed by atoms with Crippen molar-refractivity contribution in [1.29, 1.82) is 0 Å². The molecule has 0 saturated carbocycles. The summed E-state index contributed by atoms with van der Waals surface area (Å²) in [6.45, 7) is 1.82. The van der Waals surface area contributed by atoms with E-state index < -0.39 is 6.04 Å². The number of benzene rings is 2. The third kappa shape index (κ3) is 2.66. The lowest BCUT2D eigenvalue weighted by molar-refractivity contribution is 0.0970. The molecule has 2 aromatic carbocycles. The zero-order valence-electron chi connectivity index (χ0n) is 15.4. The molecule has 29 heavy (non-hydrogen) atoms. The number of carbonyl (C=O) groups is 1. The van der Waals surface area contributed by atoms with E-state index in [0.29, 0.717) is 27.4 Å². The molecule has 1 aliphatic heterocycles. The normalized spacial score (nSPS) is 15.7. The van der Waals surface area contributed by atoms with E-state index in [-0.39, 0.29) is 17.1 Å². The molecule has 0 spiro atoms. The lowest BCUT2D eigenvalue weighted by Crippen LogP contribution is -2.30. The number of hydrogen-bond donors (Lipinski definition) is 0. The van der Waals surface area contributed by atoms with Crippen LogP contribution in [0.15, 0.2) is 76.1 Å². The fourth-order valence-corrected chi connectivity index (χ4v) is 3.94. The molecule has 0 bridgehead atoms. The van der Waals surface area contributed by atoms with Crippen molar-refractivity contribution >= 4 is 34.3 Å². The number of fused-ring (bicyclic) bond motifs is 2. The van der Waals surface area contributed by atoms with Crippen LogP contribution < -0.4 is 10.3 Å². The van der Waals surface area contributed by atoms with Gasteiger partial charge in [0.15, 0.2) is 5.43 Å². The topological polar surface area (TPSA) is 63.4 Å². The molecule has 0 fully saturated rings. The Morgan fingerprint density at radius 3 is 2.52 bits per heavy atom. The minimum absolute atomic E-state index is 0.0451. The second-order valence-electron chi connectivity index (χ2n) is 6.95. The van der Waals surface area contributed by atoms with Crippen LogP contribution in [-0.2, 0) is 0 Å². The highest BCUT2D eigenvalue weighted by molar-refractivity contribution is 6.32. The predicted octanol–water partition coefficient (Wildman–Crippen LogP) is 4.90. The quantitative estimate of drug-likeness (QED) is 0.478. The molecule has 4 aromatic rings. The first-order valence-electron chi connectivity index (χ1n) is 9.12. The van der Waals surface area contributed by atoms with Crippen LogP contribution in [0.25, 0.3) is 11.0 Å². The molecule has 1 atom stereocenters. The summed E-state index contributed by atoms with van der Waals surface area (Å²) in [6.07, 6.45) is 1.61. The molecule has 1 amide bonds. The van der Waals surface area contributed by atoms with Gasteiger partial charge in [-0.15, -0.1) is 0 Å². The molecule has 5 nitrogen and oxygen atoms in total. The lowest BCUT2D eigenvalue weighted by atomic mass is 9.98. The highest BCUT2D eigenvalue weighted by Gasteiger charge is 2.44. The molecular weight excluding hydrogens is 388 g/mol. The Labute approximate surface area is 171 Å². The van der Waals surface area contributed by atoms with Crippen LogP contribution in [0.3, 0.4) is 0 Å². The van der Waals surface area contributed by atoms with Gasteiger partial charge in [0, 0.05) is 11.2 Å². The molecule has 5 rings (SSSR count). The van der Waals surface area contributed by atoms with E-state index >= 15 is 0 Å². The van der Waals surface area contributed by atoms with Gasteiger partial charge in [-0.3, -0.25) is 14.5 Å². The molecule has 0 saturated heterocycles. The van der Waals surface area contributed by atoms with E-state index in [9.17, 15) is 9.59 Å². The molecule has 3 heterocycles. The first kappa shape index (κ1) is 17.6. The molecule has 0 N–H and O–H groups in total. The fraction of sp³-hybridized carbons (Fsp3) is 0.0870. The maximum absolute atomic E-state index is 13.5. The zero-order chi connectivity index (χ0) is 20.1. The van der Waals surface area contributed by atoms with Crippen LogP contribution >= 0.6 is 11.6 Å². The Balaban J connectivity index is 1.84. The summed E-state index contributed by atoms with van der Waals surface area (Å²) in [6, 6.07) is 17.4. The second-order valence-corrected chi connectivity index (χ2v) is 7.36. The maximum atomic E-state index is 13.5. The number of halogens is 1. The van der Waals surface area contributed by atoms with E-state index in [1.165, 1.54) is 4.90 Å². The van der Waals surface area contributed by atoms with E-state index in [2.05, 4.69) is 4.98 Å². The summed E-state index contributed by atoms with van der Waals surface area (Å²) in [5.74, 6) is 0.110. The molecular formula is C23H15ClN2O3. The molecule has 1 unspecified atom stereocenters.